The van der Waals surface area contributed by atoms with Crippen molar-refractivity contribution in [1.29, 1.82) is 0 Å². The molecule has 1 unspecified atom stereocenters. The van der Waals surface area contributed by atoms with E-state index in [1.807, 2.05) is 0 Å². The van der Waals surface area contributed by atoms with Gasteiger partial charge in [-0.25, -0.2) is 0 Å². The van der Waals surface area contributed by atoms with Crippen LogP contribution in [0, 0.1) is 0 Å². The van der Waals surface area contributed by atoms with Gasteiger partial charge in [-0.05, 0) is 32.9 Å². The largest absolute Gasteiger partial charge is 0.395 e. The van der Waals surface area contributed by atoms with Crippen molar-refractivity contribution < 1.29 is 8.85 Å². The van der Waals surface area contributed by atoms with E-state index in [0.29, 0.717) is 6.10 Å². The lowest BCUT2D eigenvalue weighted by molar-refractivity contribution is 0.122. The first kappa shape index (κ1) is 25.1. The molecule has 0 aromatic rings. The van der Waals surface area contributed by atoms with Crippen molar-refractivity contribution in [3.8, 4) is 0 Å². The maximum atomic E-state index is 6.16. The second-order valence-corrected chi connectivity index (χ2v) is 11.5. The van der Waals surface area contributed by atoms with Crippen LogP contribution in [0.1, 0.15) is 117 Å². The van der Waals surface area contributed by atoms with Crippen LogP contribution in [0.3, 0.4) is 0 Å². The minimum absolute atomic E-state index is 0.351. The summed E-state index contributed by atoms with van der Waals surface area (Å²) < 4.78 is 12.3. The molecule has 0 rings (SSSR count). The molecule has 0 aliphatic carbocycles. The molecule has 0 amide bonds. The van der Waals surface area contributed by atoms with Gasteiger partial charge < -0.3 is 8.85 Å². The summed E-state index contributed by atoms with van der Waals surface area (Å²) in [4.78, 5) is 0. The Morgan fingerprint density at radius 1 is 0.640 bits per heavy atom. The van der Waals surface area contributed by atoms with Gasteiger partial charge in [0.1, 0.15) is 0 Å². The number of unbranched alkanes of at least 4 members (excludes halogenated alkanes) is 12. The highest BCUT2D eigenvalue weighted by Gasteiger charge is 2.26. The molecule has 0 spiro atoms. The van der Waals surface area contributed by atoms with Gasteiger partial charge in [0.15, 0.2) is 0 Å². The maximum absolute atomic E-state index is 6.16. The molecule has 0 aliphatic rings. The van der Waals surface area contributed by atoms with Crippen molar-refractivity contribution in [2.45, 2.75) is 136 Å². The second kappa shape index (κ2) is 17.5. The molecule has 0 radical (unpaired) electrons. The summed E-state index contributed by atoms with van der Waals surface area (Å²) in [5.74, 6) is 0. The van der Waals surface area contributed by atoms with Crippen molar-refractivity contribution in [1.82, 2.24) is 0 Å². The molecule has 3 heteroatoms. The minimum atomic E-state index is -1.92. The van der Waals surface area contributed by atoms with Gasteiger partial charge in [-0.15, -0.1) is 0 Å². The van der Waals surface area contributed by atoms with E-state index in [1.165, 1.54) is 89.9 Å². The predicted molar refractivity (Wildman–Crippen MR) is 115 cm³/mol. The fourth-order valence-corrected chi connectivity index (χ4v) is 5.12. The van der Waals surface area contributed by atoms with Crippen LogP contribution in [-0.2, 0) is 8.85 Å². The third kappa shape index (κ3) is 18.7. The Bertz CT molecular complexity index is 269. The quantitative estimate of drug-likeness (QED) is 0.169. The summed E-state index contributed by atoms with van der Waals surface area (Å²) in [7, 11) is -1.92. The smallest absolute Gasteiger partial charge is 0.331 e. The Morgan fingerprint density at radius 3 is 1.56 bits per heavy atom. The van der Waals surface area contributed by atoms with Gasteiger partial charge in [0, 0.05) is 12.7 Å². The molecule has 0 fully saturated rings. The van der Waals surface area contributed by atoms with E-state index < -0.39 is 8.56 Å². The molecular weight excluding hydrogens is 324 g/mol. The number of hydrogen-bond acceptors (Lipinski definition) is 2. The van der Waals surface area contributed by atoms with Crippen molar-refractivity contribution in [2.75, 3.05) is 6.61 Å². The molecule has 0 aromatic carbocycles. The minimum Gasteiger partial charge on any atom is -0.395 e. The molecule has 152 valence electrons. The maximum Gasteiger partial charge on any atom is 0.331 e. The summed E-state index contributed by atoms with van der Waals surface area (Å²) in [5.41, 5.74) is 0. The average Bonchev–Trinajstić information content (AvgIpc) is 2.56. The molecular formula is C22H48O2Si. The Balaban J connectivity index is 3.36. The van der Waals surface area contributed by atoms with Crippen molar-refractivity contribution >= 4 is 8.56 Å². The van der Waals surface area contributed by atoms with E-state index in [1.54, 1.807) is 0 Å². The van der Waals surface area contributed by atoms with Gasteiger partial charge in [-0.3, -0.25) is 0 Å². The summed E-state index contributed by atoms with van der Waals surface area (Å²) in [6.45, 7) is 12.0. The van der Waals surface area contributed by atoms with E-state index in [-0.39, 0.29) is 0 Å². The summed E-state index contributed by atoms with van der Waals surface area (Å²) in [6, 6.07) is 0. The van der Waals surface area contributed by atoms with Gasteiger partial charge in [-0.2, -0.15) is 0 Å². The molecule has 0 heterocycles. The monoisotopic (exact) mass is 372 g/mol. The van der Waals surface area contributed by atoms with E-state index in [4.69, 9.17) is 8.85 Å². The van der Waals surface area contributed by atoms with Gasteiger partial charge in [-0.1, -0.05) is 97.3 Å². The van der Waals surface area contributed by atoms with Crippen molar-refractivity contribution in [3.05, 3.63) is 0 Å². The Hall–Kier alpha value is 0.137. The second-order valence-electron chi connectivity index (χ2n) is 8.21. The standard InChI is InChI=1S/C22H48O2Si/c1-6-8-10-11-12-13-14-15-16-17-18-19-21-23-25(4,5)24-22(3)20-9-7-2/h22H,6-21H2,1-5H3. The first-order valence-corrected chi connectivity index (χ1v) is 14.1. The molecule has 0 aliphatic heterocycles. The van der Waals surface area contributed by atoms with Gasteiger partial charge in [0.2, 0.25) is 0 Å². The fraction of sp³-hybridized carbons (Fsp3) is 1.00. The van der Waals surface area contributed by atoms with Gasteiger partial charge in [0.05, 0.1) is 0 Å². The lowest BCUT2D eigenvalue weighted by atomic mass is 10.1. The van der Waals surface area contributed by atoms with Gasteiger partial charge in [0.25, 0.3) is 0 Å². The average molecular weight is 373 g/mol. The lowest BCUT2D eigenvalue weighted by Gasteiger charge is -2.27. The number of rotatable bonds is 19. The van der Waals surface area contributed by atoms with E-state index in [0.717, 1.165) is 13.0 Å². The van der Waals surface area contributed by atoms with Crippen LogP contribution in [0.25, 0.3) is 0 Å². The van der Waals surface area contributed by atoms with Crippen LogP contribution in [0.4, 0.5) is 0 Å². The van der Waals surface area contributed by atoms with Crippen LogP contribution >= 0.6 is 0 Å². The molecule has 0 aromatic heterocycles. The zero-order valence-electron chi connectivity index (χ0n) is 18.2. The Kier molecular flexibility index (Phi) is 17.6. The zero-order chi connectivity index (χ0) is 18.8. The first-order chi connectivity index (χ1) is 12.0. The van der Waals surface area contributed by atoms with E-state index >= 15 is 0 Å². The van der Waals surface area contributed by atoms with Crippen molar-refractivity contribution in [2.24, 2.45) is 0 Å². The molecule has 0 saturated carbocycles. The topological polar surface area (TPSA) is 18.5 Å². The highest BCUT2D eigenvalue weighted by Crippen LogP contribution is 2.16. The summed E-state index contributed by atoms with van der Waals surface area (Å²) >= 11 is 0. The molecule has 1 atom stereocenters. The zero-order valence-corrected chi connectivity index (χ0v) is 19.2. The first-order valence-electron chi connectivity index (χ1n) is 11.3. The Labute approximate surface area is 160 Å². The molecule has 0 saturated heterocycles. The lowest BCUT2D eigenvalue weighted by Crippen LogP contribution is -2.38. The third-order valence-corrected chi connectivity index (χ3v) is 6.77. The van der Waals surface area contributed by atoms with Gasteiger partial charge >= 0.3 is 8.56 Å². The van der Waals surface area contributed by atoms with E-state index in [2.05, 4.69) is 33.9 Å². The predicted octanol–water partition coefficient (Wildman–Crippen LogP) is 8.00. The van der Waals surface area contributed by atoms with Crippen LogP contribution in [0.2, 0.25) is 13.1 Å². The normalized spacial score (nSPS) is 13.3. The van der Waals surface area contributed by atoms with Crippen LogP contribution in [-0.4, -0.2) is 21.3 Å². The molecule has 0 bridgehead atoms. The third-order valence-electron chi connectivity index (χ3n) is 4.90. The molecule has 25 heavy (non-hydrogen) atoms. The van der Waals surface area contributed by atoms with Crippen LogP contribution < -0.4 is 0 Å². The Morgan fingerprint density at radius 2 is 1.08 bits per heavy atom. The van der Waals surface area contributed by atoms with Crippen molar-refractivity contribution in [3.63, 3.8) is 0 Å². The molecule has 0 N–H and O–H groups in total. The highest BCUT2D eigenvalue weighted by atomic mass is 28.4. The number of hydrogen-bond donors (Lipinski definition) is 0. The fourth-order valence-electron chi connectivity index (χ4n) is 3.33. The van der Waals surface area contributed by atoms with Crippen LogP contribution in [0.15, 0.2) is 0 Å². The van der Waals surface area contributed by atoms with Crippen LogP contribution in [0.5, 0.6) is 0 Å². The molecule has 2 nitrogen and oxygen atoms in total. The van der Waals surface area contributed by atoms with E-state index in [9.17, 15) is 0 Å². The summed E-state index contributed by atoms with van der Waals surface area (Å²) in [6.07, 6.45) is 20.7. The SMILES string of the molecule is CCCCCCCCCCCCCCO[Si](C)(C)OC(C)CCCC. The highest BCUT2D eigenvalue weighted by molar-refractivity contribution is 6.64. The summed E-state index contributed by atoms with van der Waals surface area (Å²) in [5, 5.41) is 0.